The Morgan fingerprint density at radius 2 is 1.48 bits per heavy atom. The van der Waals surface area contributed by atoms with Gasteiger partial charge < -0.3 is 0 Å². The molecule has 0 radical (unpaired) electrons. The van der Waals surface area contributed by atoms with Gasteiger partial charge in [0.05, 0.1) is 0 Å². The Morgan fingerprint density at radius 1 is 0.905 bits per heavy atom. The molecule has 0 aliphatic heterocycles. The van der Waals surface area contributed by atoms with Crippen molar-refractivity contribution in [1.29, 1.82) is 0 Å². The summed E-state index contributed by atoms with van der Waals surface area (Å²) < 4.78 is 24.4. The Kier molecular flexibility index (Phi) is 8.86. The highest BCUT2D eigenvalue weighted by molar-refractivity contribution is 5.95. The highest BCUT2D eigenvalue weighted by Gasteiger charge is 1.99. The van der Waals surface area contributed by atoms with Gasteiger partial charge in [0.15, 0.2) is 5.78 Å². The van der Waals surface area contributed by atoms with Gasteiger partial charge in [0, 0.05) is 11.6 Å². The van der Waals surface area contributed by atoms with Crippen molar-refractivity contribution in [3.63, 3.8) is 0 Å². The number of ketones is 1. The van der Waals surface area contributed by atoms with Crippen LogP contribution in [0.25, 0.3) is 0 Å². The van der Waals surface area contributed by atoms with Crippen LogP contribution in [0.1, 0.15) is 42.3 Å². The van der Waals surface area contributed by atoms with E-state index in [1.165, 1.54) is 12.1 Å². The molecule has 0 aliphatic carbocycles. The summed E-state index contributed by atoms with van der Waals surface area (Å²) in [5, 5.41) is 0. The summed E-state index contributed by atoms with van der Waals surface area (Å²) in [6.45, 7) is 9.12. The Balaban J connectivity index is 0.000000342. The van der Waals surface area contributed by atoms with E-state index in [4.69, 9.17) is 0 Å². The maximum absolute atomic E-state index is 12.3. The molecule has 0 saturated carbocycles. The van der Waals surface area contributed by atoms with E-state index in [2.05, 4.69) is 0 Å². The second-order valence-corrected chi connectivity index (χ2v) is 4.26. The number of rotatable bonds is 1. The predicted octanol–water partition coefficient (Wildman–Crippen LogP) is 5.50. The SMILES string of the molecule is CC.CC(=O)c1ccccc1C.Cc1ccc(F)cc1F. The number of carbonyl (C=O) groups is 1. The van der Waals surface area contributed by atoms with E-state index in [0.717, 1.165) is 17.2 Å². The molecular weight excluding hydrogens is 270 g/mol. The minimum Gasteiger partial charge on any atom is -0.295 e. The molecular formula is C18H22F2O. The van der Waals surface area contributed by atoms with Crippen molar-refractivity contribution in [1.82, 2.24) is 0 Å². The van der Waals surface area contributed by atoms with Crippen LogP contribution in [0.5, 0.6) is 0 Å². The predicted molar refractivity (Wildman–Crippen MR) is 83.6 cm³/mol. The molecule has 0 aliphatic rings. The Hall–Kier alpha value is -2.03. The van der Waals surface area contributed by atoms with Gasteiger partial charge in [-0.15, -0.1) is 0 Å². The van der Waals surface area contributed by atoms with Crippen molar-refractivity contribution in [3.8, 4) is 0 Å². The third-order valence-electron chi connectivity index (χ3n) is 2.66. The van der Waals surface area contributed by atoms with Crippen LogP contribution in [0.2, 0.25) is 0 Å². The first-order valence-electron chi connectivity index (χ1n) is 6.90. The normalized spacial score (nSPS) is 8.90. The molecule has 2 aromatic carbocycles. The van der Waals surface area contributed by atoms with Gasteiger partial charge in [-0.3, -0.25) is 4.79 Å². The summed E-state index contributed by atoms with van der Waals surface area (Å²) in [6.07, 6.45) is 0. The zero-order valence-electron chi connectivity index (χ0n) is 13.2. The average Bonchev–Trinajstić information content (AvgIpc) is 2.46. The zero-order chi connectivity index (χ0) is 16.4. The highest BCUT2D eigenvalue weighted by atomic mass is 19.1. The van der Waals surface area contributed by atoms with Crippen LogP contribution in [0.15, 0.2) is 42.5 Å². The molecule has 0 bridgehead atoms. The first-order valence-corrected chi connectivity index (χ1v) is 6.90. The smallest absolute Gasteiger partial charge is 0.160 e. The van der Waals surface area contributed by atoms with Gasteiger partial charge in [-0.2, -0.15) is 0 Å². The van der Waals surface area contributed by atoms with Crippen LogP contribution >= 0.6 is 0 Å². The lowest BCUT2D eigenvalue weighted by atomic mass is 10.1. The molecule has 114 valence electrons. The maximum Gasteiger partial charge on any atom is 0.160 e. The second-order valence-electron chi connectivity index (χ2n) is 4.26. The van der Waals surface area contributed by atoms with Gasteiger partial charge >= 0.3 is 0 Å². The maximum atomic E-state index is 12.3. The van der Waals surface area contributed by atoms with Crippen molar-refractivity contribution >= 4 is 5.78 Å². The Labute approximate surface area is 125 Å². The largest absolute Gasteiger partial charge is 0.295 e. The van der Waals surface area contributed by atoms with Crippen molar-refractivity contribution in [3.05, 3.63) is 70.8 Å². The third kappa shape index (κ3) is 6.80. The highest BCUT2D eigenvalue weighted by Crippen LogP contribution is 2.07. The van der Waals surface area contributed by atoms with Gasteiger partial charge in [-0.05, 0) is 38.0 Å². The fourth-order valence-corrected chi connectivity index (χ4v) is 1.54. The number of Topliss-reactive ketones (excluding diaryl/α,β-unsaturated/α-hetero) is 1. The van der Waals surface area contributed by atoms with Gasteiger partial charge in [-0.1, -0.05) is 44.2 Å². The Morgan fingerprint density at radius 3 is 1.86 bits per heavy atom. The standard InChI is InChI=1S/C9H10O.C7H6F2.C2H6/c1-7-5-3-4-6-9(7)8(2)10;1-5-2-3-6(8)4-7(5)9;1-2/h3-6H,1-2H3;2-4H,1H3;1-2H3. The molecule has 3 heteroatoms. The van der Waals surface area contributed by atoms with E-state index >= 15 is 0 Å². The summed E-state index contributed by atoms with van der Waals surface area (Å²) >= 11 is 0. The molecule has 0 spiro atoms. The van der Waals surface area contributed by atoms with E-state index in [0.29, 0.717) is 5.56 Å². The molecule has 2 rings (SSSR count). The number of benzene rings is 2. The minimum absolute atomic E-state index is 0.137. The molecule has 2 aromatic rings. The number of carbonyl (C=O) groups excluding carboxylic acids is 1. The van der Waals surface area contributed by atoms with Crippen molar-refractivity contribution in [2.45, 2.75) is 34.6 Å². The average molecular weight is 292 g/mol. The fourth-order valence-electron chi connectivity index (χ4n) is 1.54. The van der Waals surface area contributed by atoms with Gasteiger partial charge in [0.1, 0.15) is 11.6 Å². The van der Waals surface area contributed by atoms with E-state index in [-0.39, 0.29) is 5.78 Å². The van der Waals surface area contributed by atoms with Crippen LogP contribution in [-0.2, 0) is 0 Å². The molecule has 0 amide bonds. The van der Waals surface area contributed by atoms with Crippen LogP contribution in [-0.4, -0.2) is 5.78 Å². The molecule has 0 N–H and O–H groups in total. The topological polar surface area (TPSA) is 17.1 Å². The molecule has 1 nitrogen and oxygen atoms in total. The first-order chi connectivity index (χ1) is 9.91. The number of halogens is 2. The minimum atomic E-state index is -0.530. The lowest BCUT2D eigenvalue weighted by molar-refractivity contribution is 0.101. The van der Waals surface area contributed by atoms with E-state index in [9.17, 15) is 13.6 Å². The van der Waals surface area contributed by atoms with Gasteiger partial charge in [0.25, 0.3) is 0 Å². The third-order valence-corrected chi connectivity index (χ3v) is 2.66. The Bertz CT molecular complexity index is 577. The molecule has 0 fully saturated rings. The second kappa shape index (κ2) is 9.81. The summed E-state index contributed by atoms with van der Waals surface area (Å²) in [7, 11) is 0. The summed E-state index contributed by atoms with van der Waals surface area (Å²) in [4.78, 5) is 10.9. The van der Waals surface area contributed by atoms with Crippen molar-refractivity contribution in [2.24, 2.45) is 0 Å². The number of aryl methyl sites for hydroxylation is 2. The molecule has 21 heavy (non-hydrogen) atoms. The monoisotopic (exact) mass is 292 g/mol. The first kappa shape index (κ1) is 19.0. The quantitative estimate of drug-likeness (QED) is 0.634. The zero-order valence-corrected chi connectivity index (χ0v) is 13.2. The molecule has 0 heterocycles. The van der Waals surface area contributed by atoms with Crippen molar-refractivity contribution < 1.29 is 13.6 Å². The van der Waals surface area contributed by atoms with E-state index in [1.54, 1.807) is 13.8 Å². The van der Waals surface area contributed by atoms with Crippen molar-refractivity contribution in [2.75, 3.05) is 0 Å². The van der Waals surface area contributed by atoms with Gasteiger partial charge in [0.2, 0.25) is 0 Å². The van der Waals surface area contributed by atoms with Crippen LogP contribution < -0.4 is 0 Å². The van der Waals surface area contributed by atoms with E-state index in [1.807, 2.05) is 45.0 Å². The molecule has 0 saturated heterocycles. The van der Waals surface area contributed by atoms with Crippen LogP contribution in [0.4, 0.5) is 8.78 Å². The number of hydrogen-bond acceptors (Lipinski definition) is 1. The number of hydrogen-bond donors (Lipinski definition) is 0. The van der Waals surface area contributed by atoms with Gasteiger partial charge in [-0.25, -0.2) is 8.78 Å². The lowest BCUT2D eigenvalue weighted by Gasteiger charge is -1.97. The molecule has 0 unspecified atom stereocenters. The van der Waals surface area contributed by atoms with E-state index < -0.39 is 11.6 Å². The fraction of sp³-hybridized carbons (Fsp3) is 0.278. The summed E-state index contributed by atoms with van der Waals surface area (Å²) in [5.41, 5.74) is 2.34. The molecule has 0 aromatic heterocycles. The summed E-state index contributed by atoms with van der Waals surface area (Å²) in [5.74, 6) is -0.883. The van der Waals surface area contributed by atoms with Crippen LogP contribution in [0, 0.1) is 25.5 Å². The summed E-state index contributed by atoms with van der Waals surface area (Å²) in [6, 6.07) is 11.1. The van der Waals surface area contributed by atoms with Crippen LogP contribution in [0.3, 0.4) is 0 Å². The molecule has 0 atom stereocenters. The lowest BCUT2D eigenvalue weighted by Crippen LogP contribution is -1.93.